The molecule has 0 N–H and O–H groups in total. The Hall–Kier alpha value is -2.33. The quantitative estimate of drug-likeness (QED) is 0.581. The van der Waals surface area contributed by atoms with Gasteiger partial charge in [0.1, 0.15) is 0 Å². The number of benzene rings is 1. The lowest BCUT2D eigenvalue weighted by molar-refractivity contribution is -0.0494. The van der Waals surface area contributed by atoms with Crippen LogP contribution in [0.25, 0.3) is 0 Å². The van der Waals surface area contributed by atoms with Crippen LogP contribution in [0.1, 0.15) is 15.2 Å². The zero-order valence-corrected chi connectivity index (χ0v) is 20.4. The van der Waals surface area contributed by atoms with E-state index < -0.39 is 0 Å². The van der Waals surface area contributed by atoms with E-state index >= 15 is 0 Å². The van der Waals surface area contributed by atoms with Crippen LogP contribution in [-0.4, -0.2) is 100 Å². The number of carbonyl (C=O) groups excluding carboxylic acids is 1. The summed E-state index contributed by atoms with van der Waals surface area (Å²) in [6.07, 6.45) is 0.205. The minimum atomic E-state index is -0.0232. The summed E-state index contributed by atoms with van der Waals surface area (Å²) in [5.74, 6) is 1.44. The standard InChI is InChI=1S/C24H33N3O5S/c1-29-21-13-18(14-22(30-2)23(21)31-3)24(28)27-8-6-25(7-9-27)15-19-16-26(10-11-32-19)17-20-5-4-12-33-20/h4-5,12-14,19H,6-11,15-17H2,1-3H3/t19-/m0/s1. The van der Waals surface area contributed by atoms with Gasteiger partial charge in [-0.2, -0.15) is 0 Å². The van der Waals surface area contributed by atoms with Crippen molar-refractivity contribution >= 4 is 17.2 Å². The van der Waals surface area contributed by atoms with Gasteiger partial charge in [0.2, 0.25) is 5.75 Å². The second-order valence-electron chi connectivity index (χ2n) is 8.31. The third kappa shape index (κ3) is 5.78. The van der Waals surface area contributed by atoms with E-state index in [1.165, 1.54) is 4.88 Å². The average Bonchev–Trinajstić information content (AvgIpc) is 3.36. The maximum atomic E-state index is 13.2. The number of amides is 1. The number of ether oxygens (including phenoxy) is 4. The second kappa shape index (κ2) is 11.2. The third-order valence-electron chi connectivity index (χ3n) is 6.22. The van der Waals surface area contributed by atoms with Crippen molar-refractivity contribution in [3.63, 3.8) is 0 Å². The van der Waals surface area contributed by atoms with E-state index in [-0.39, 0.29) is 12.0 Å². The Morgan fingerprint density at radius 2 is 1.76 bits per heavy atom. The maximum Gasteiger partial charge on any atom is 0.254 e. The Labute approximate surface area is 199 Å². The summed E-state index contributed by atoms with van der Waals surface area (Å²) in [6.45, 7) is 7.62. The number of nitrogens with zero attached hydrogens (tertiary/aromatic N) is 3. The van der Waals surface area contributed by atoms with Crippen molar-refractivity contribution in [3.8, 4) is 17.2 Å². The van der Waals surface area contributed by atoms with Gasteiger partial charge in [0.15, 0.2) is 11.5 Å². The fraction of sp³-hybridized carbons (Fsp3) is 0.542. The summed E-state index contributed by atoms with van der Waals surface area (Å²) in [7, 11) is 4.66. The normalized spacial score (nSPS) is 20.0. The summed E-state index contributed by atoms with van der Waals surface area (Å²) in [6, 6.07) is 7.73. The molecule has 2 saturated heterocycles. The van der Waals surface area contributed by atoms with E-state index in [0.29, 0.717) is 35.9 Å². The molecule has 0 aliphatic carbocycles. The number of carbonyl (C=O) groups is 1. The molecule has 2 aliphatic heterocycles. The predicted molar refractivity (Wildman–Crippen MR) is 128 cm³/mol. The SMILES string of the molecule is COc1cc(C(=O)N2CCN(C[C@H]3CN(Cc4cccs4)CCO3)CC2)cc(OC)c1OC. The van der Waals surface area contributed by atoms with Gasteiger partial charge in [-0.3, -0.25) is 14.6 Å². The molecule has 0 unspecified atom stereocenters. The molecule has 9 heteroatoms. The molecule has 33 heavy (non-hydrogen) atoms. The summed E-state index contributed by atoms with van der Waals surface area (Å²) >= 11 is 1.81. The monoisotopic (exact) mass is 475 g/mol. The van der Waals surface area contributed by atoms with Crippen molar-refractivity contribution in [2.24, 2.45) is 0 Å². The molecule has 3 heterocycles. The third-order valence-corrected chi connectivity index (χ3v) is 7.08. The number of hydrogen-bond acceptors (Lipinski definition) is 8. The molecular weight excluding hydrogens is 442 g/mol. The highest BCUT2D eigenvalue weighted by Gasteiger charge is 2.28. The Morgan fingerprint density at radius 1 is 1.03 bits per heavy atom. The van der Waals surface area contributed by atoms with Crippen molar-refractivity contribution in [2.75, 3.05) is 73.7 Å². The Balaban J connectivity index is 1.30. The first-order valence-corrected chi connectivity index (χ1v) is 12.2. The van der Waals surface area contributed by atoms with Crippen molar-refractivity contribution in [1.82, 2.24) is 14.7 Å². The van der Waals surface area contributed by atoms with Crippen LogP contribution in [0.4, 0.5) is 0 Å². The molecule has 0 bridgehead atoms. The minimum Gasteiger partial charge on any atom is -0.493 e. The van der Waals surface area contributed by atoms with E-state index in [1.54, 1.807) is 33.5 Å². The molecule has 4 rings (SSSR count). The number of morpholine rings is 1. The second-order valence-corrected chi connectivity index (χ2v) is 9.35. The molecule has 0 spiro atoms. The average molecular weight is 476 g/mol. The highest BCUT2D eigenvalue weighted by molar-refractivity contribution is 7.09. The van der Waals surface area contributed by atoms with E-state index in [2.05, 4.69) is 27.3 Å². The van der Waals surface area contributed by atoms with Gasteiger partial charge < -0.3 is 23.8 Å². The first-order valence-electron chi connectivity index (χ1n) is 11.3. The zero-order chi connectivity index (χ0) is 23.2. The van der Waals surface area contributed by atoms with Crippen LogP contribution >= 0.6 is 11.3 Å². The lowest BCUT2D eigenvalue weighted by Gasteiger charge is -2.39. The number of methoxy groups -OCH3 is 3. The molecule has 2 aromatic rings. The highest BCUT2D eigenvalue weighted by Crippen LogP contribution is 2.38. The summed E-state index contributed by atoms with van der Waals surface area (Å²) in [5, 5.41) is 2.13. The fourth-order valence-corrected chi connectivity index (χ4v) is 5.21. The zero-order valence-electron chi connectivity index (χ0n) is 19.6. The Kier molecular flexibility index (Phi) is 8.08. The van der Waals surface area contributed by atoms with E-state index in [1.807, 2.05) is 16.2 Å². The van der Waals surface area contributed by atoms with Gasteiger partial charge in [0, 0.05) is 62.8 Å². The number of thiophene rings is 1. The molecule has 2 fully saturated rings. The number of rotatable bonds is 8. The topological polar surface area (TPSA) is 63.7 Å². The van der Waals surface area contributed by atoms with Crippen molar-refractivity contribution in [2.45, 2.75) is 12.6 Å². The largest absolute Gasteiger partial charge is 0.493 e. The van der Waals surface area contributed by atoms with Crippen molar-refractivity contribution in [1.29, 1.82) is 0 Å². The van der Waals surface area contributed by atoms with Crippen LogP contribution in [0.2, 0.25) is 0 Å². The first-order chi connectivity index (χ1) is 16.1. The molecule has 2 aliphatic rings. The van der Waals surface area contributed by atoms with E-state index in [0.717, 1.165) is 45.9 Å². The summed E-state index contributed by atoms with van der Waals surface area (Å²) < 4.78 is 22.2. The molecular formula is C24H33N3O5S. The molecule has 8 nitrogen and oxygen atoms in total. The molecule has 0 radical (unpaired) electrons. The van der Waals surface area contributed by atoms with Gasteiger partial charge in [-0.15, -0.1) is 11.3 Å². The van der Waals surface area contributed by atoms with Crippen LogP contribution in [0.3, 0.4) is 0 Å². The molecule has 1 aromatic carbocycles. The molecule has 180 valence electrons. The fourth-order valence-electron chi connectivity index (χ4n) is 4.47. The molecule has 1 atom stereocenters. The van der Waals surface area contributed by atoms with E-state index in [9.17, 15) is 4.79 Å². The van der Waals surface area contributed by atoms with Crippen molar-refractivity contribution < 1.29 is 23.7 Å². The highest BCUT2D eigenvalue weighted by atomic mass is 32.1. The van der Waals surface area contributed by atoms with Crippen LogP contribution in [0.5, 0.6) is 17.2 Å². The van der Waals surface area contributed by atoms with Crippen molar-refractivity contribution in [3.05, 3.63) is 40.1 Å². The van der Waals surface area contributed by atoms with Gasteiger partial charge in [0.05, 0.1) is 34.0 Å². The predicted octanol–water partition coefficient (Wildman–Crippen LogP) is 2.43. The molecule has 1 amide bonds. The smallest absolute Gasteiger partial charge is 0.254 e. The lowest BCUT2D eigenvalue weighted by Crippen LogP contribution is -2.53. The van der Waals surface area contributed by atoms with Gasteiger partial charge in [-0.05, 0) is 23.6 Å². The molecule has 0 saturated carbocycles. The number of piperazine rings is 1. The summed E-state index contributed by atoms with van der Waals surface area (Å²) in [4.78, 5) is 21.3. The molecule has 1 aromatic heterocycles. The summed E-state index contributed by atoms with van der Waals surface area (Å²) in [5.41, 5.74) is 0.540. The minimum absolute atomic E-state index is 0.0232. The maximum absolute atomic E-state index is 13.2. The van der Waals surface area contributed by atoms with Crippen LogP contribution in [0.15, 0.2) is 29.6 Å². The van der Waals surface area contributed by atoms with Gasteiger partial charge in [-0.1, -0.05) is 6.07 Å². The van der Waals surface area contributed by atoms with E-state index in [4.69, 9.17) is 18.9 Å². The lowest BCUT2D eigenvalue weighted by atomic mass is 10.1. The Morgan fingerprint density at radius 3 is 2.36 bits per heavy atom. The van der Waals surface area contributed by atoms with Gasteiger partial charge in [0.25, 0.3) is 5.91 Å². The van der Waals surface area contributed by atoms with Gasteiger partial charge in [-0.25, -0.2) is 0 Å². The Bertz CT molecular complexity index is 890. The number of hydrogen-bond donors (Lipinski definition) is 0. The van der Waals surface area contributed by atoms with Crippen LogP contribution in [-0.2, 0) is 11.3 Å². The van der Waals surface area contributed by atoms with Crippen LogP contribution in [0, 0.1) is 0 Å². The first kappa shape index (κ1) is 23.8. The van der Waals surface area contributed by atoms with Gasteiger partial charge >= 0.3 is 0 Å². The van der Waals surface area contributed by atoms with Crippen LogP contribution < -0.4 is 14.2 Å².